The van der Waals surface area contributed by atoms with Crippen LogP contribution in [0.5, 0.6) is 0 Å². The Morgan fingerprint density at radius 2 is 1.73 bits per heavy atom. The van der Waals surface area contributed by atoms with Crippen LogP contribution < -0.4 is 10.6 Å². The van der Waals surface area contributed by atoms with Gasteiger partial charge in [-0.1, -0.05) is 25.3 Å². The molecule has 0 unspecified atom stereocenters. The van der Waals surface area contributed by atoms with Crippen LogP contribution in [0.25, 0.3) is 0 Å². The minimum absolute atomic E-state index is 0.513. The first-order chi connectivity index (χ1) is 10.7. The van der Waals surface area contributed by atoms with Gasteiger partial charge in [-0.05, 0) is 49.9 Å². The zero-order valence-corrected chi connectivity index (χ0v) is 13.3. The summed E-state index contributed by atoms with van der Waals surface area (Å²) in [7, 11) is 0. The van der Waals surface area contributed by atoms with Crippen molar-refractivity contribution in [3.8, 4) is 0 Å². The summed E-state index contributed by atoms with van der Waals surface area (Å²) in [4.78, 5) is 4.53. The lowest BCUT2D eigenvalue weighted by Crippen LogP contribution is -2.23. The van der Waals surface area contributed by atoms with E-state index in [0.717, 1.165) is 11.5 Å². The molecule has 1 fully saturated rings. The van der Waals surface area contributed by atoms with E-state index >= 15 is 0 Å². The van der Waals surface area contributed by atoms with Gasteiger partial charge in [-0.2, -0.15) is 10.1 Å². The smallest absolute Gasteiger partial charge is 0.249 e. The number of nitrogens with one attached hydrogen (secondary N) is 2. The van der Waals surface area contributed by atoms with E-state index in [1.165, 1.54) is 43.2 Å². The highest BCUT2D eigenvalue weighted by Crippen LogP contribution is 2.21. The molecular formula is C17H23N5. The van der Waals surface area contributed by atoms with Gasteiger partial charge in [0.25, 0.3) is 0 Å². The van der Waals surface area contributed by atoms with E-state index in [1.54, 1.807) is 6.20 Å². The van der Waals surface area contributed by atoms with Crippen molar-refractivity contribution in [3.63, 3.8) is 0 Å². The van der Waals surface area contributed by atoms with Gasteiger partial charge in [0.2, 0.25) is 5.95 Å². The average Bonchev–Trinajstić information content (AvgIpc) is 2.47. The van der Waals surface area contributed by atoms with Gasteiger partial charge < -0.3 is 10.6 Å². The third-order valence-corrected chi connectivity index (χ3v) is 3.99. The molecule has 0 amide bonds. The number of hydrogen-bond acceptors (Lipinski definition) is 5. The van der Waals surface area contributed by atoms with Crippen molar-refractivity contribution in [2.24, 2.45) is 0 Å². The van der Waals surface area contributed by atoms with Crippen molar-refractivity contribution in [2.45, 2.75) is 52.0 Å². The number of aromatic nitrogens is 3. The second-order valence-electron chi connectivity index (χ2n) is 6.15. The third kappa shape index (κ3) is 3.93. The predicted molar refractivity (Wildman–Crippen MR) is 89.5 cm³/mol. The fourth-order valence-corrected chi connectivity index (χ4v) is 3.06. The molecule has 22 heavy (non-hydrogen) atoms. The van der Waals surface area contributed by atoms with Crippen molar-refractivity contribution in [1.82, 2.24) is 15.2 Å². The largest absolute Gasteiger partial charge is 0.366 e. The lowest BCUT2D eigenvalue weighted by Gasteiger charge is -2.23. The molecule has 0 spiro atoms. The van der Waals surface area contributed by atoms with E-state index in [9.17, 15) is 0 Å². The highest BCUT2D eigenvalue weighted by atomic mass is 15.3. The maximum atomic E-state index is 4.53. The molecule has 1 aromatic heterocycles. The molecule has 2 N–H and O–H groups in total. The Morgan fingerprint density at radius 1 is 1.00 bits per heavy atom. The summed E-state index contributed by atoms with van der Waals surface area (Å²) >= 11 is 0. The second-order valence-corrected chi connectivity index (χ2v) is 6.15. The molecule has 116 valence electrons. The van der Waals surface area contributed by atoms with Crippen LogP contribution in [-0.2, 0) is 0 Å². The summed E-state index contributed by atoms with van der Waals surface area (Å²) in [6.07, 6.45) is 8.06. The molecule has 1 aliphatic carbocycles. The van der Waals surface area contributed by atoms with Crippen LogP contribution in [0.3, 0.4) is 0 Å². The number of benzene rings is 1. The number of hydrogen-bond donors (Lipinski definition) is 2. The molecule has 2 aromatic rings. The quantitative estimate of drug-likeness (QED) is 0.894. The Bertz CT molecular complexity index is 614. The van der Waals surface area contributed by atoms with Gasteiger partial charge in [0.15, 0.2) is 5.82 Å². The van der Waals surface area contributed by atoms with E-state index in [0.29, 0.717) is 12.0 Å². The maximum absolute atomic E-state index is 4.53. The fraction of sp³-hybridized carbons (Fsp3) is 0.471. The van der Waals surface area contributed by atoms with Gasteiger partial charge in [-0.15, -0.1) is 5.10 Å². The predicted octanol–water partition coefficient (Wildman–Crippen LogP) is 3.98. The van der Waals surface area contributed by atoms with E-state index in [2.05, 4.69) is 57.9 Å². The highest BCUT2D eigenvalue weighted by molar-refractivity contribution is 5.56. The zero-order chi connectivity index (χ0) is 15.4. The Labute approximate surface area is 131 Å². The van der Waals surface area contributed by atoms with E-state index in [4.69, 9.17) is 0 Å². The first kappa shape index (κ1) is 14.8. The van der Waals surface area contributed by atoms with Crippen LogP contribution in [-0.4, -0.2) is 21.2 Å². The van der Waals surface area contributed by atoms with E-state index in [1.807, 2.05) is 0 Å². The second kappa shape index (κ2) is 6.73. The van der Waals surface area contributed by atoms with Crippen LogP contribution in [0.4, 0.5) is 17.5 Å². The minimum Gasteiger partial charge on any atom is -0.366 e. The fourth-order valence-electron chi connectivity index (χ4n) is 3.06. The molecule has 0 bridgehead atoms. The lowest BCUT2D eigenvalue weighted by molar-refractivity contribution is 0.461. The van der Waals surface area contributed by atoms with Gasteiger partial charge in [-0.3, -0.25) is 0 Å². The number of aryl methyl sites for hydroxylation is 2. The van der Waals surface area contributed by atoms with Gasteiger partial charge in [0, 0.05) is 11.7 Å². The van der Waals surface area contributed by atoms with Gasteiger partial charge in [-0.25, -0.2) is 0 Å². The zero-order valence-electron chi connectivity index (χ0n) is 13.3. The lowest BCUT2D eigenvalue weighted by atomic mass is 9.96. The molecular weight excluding hydrogens is 274 g/mol. The summed E-state index contributed by atoms with van der Waals surface area (Å²) in [6, 6.07) is 6.82. The minimum atomic E-state index is 0.513. The van der Waals surface area contributed by atoms with Crippen molar-refractivity contribution in [2.75, 3.05) is 10.6 Å². The number of anilines is 3. The van der Waals surface area contributed by atoms with E-state index in [-0.39, 0.29) is 0 Å². The van der Waals surface area contributed by atoms with Crippen LogP contribution in [0.1, 0.15) is 43.2 Å². The molecule has 5 heteroatoms. The summed E-state index contributed by atoms with van der Waals surface area (Å²) in [5, 5.41) is 14.8. The molecule has 5 nitrogen and oxygen atoms in total. The Morgan fingerprint density at radius 3 is 2.45 bits per heavy atom. The Balaban J connectivity index is 1.70. The normalized spacial score (nSPS) is 15.5. The Kier molecular flexibility index (Phi) is 4.51. The first-order valence-corrected chi connectivity index (χ1v) is 8.00. The van der Waals surface area contributed by atoms with Gasteiger partial charge >= 0.3 is 0 Å². The van der Waals surface area contributed by atoms with Gasteiger partial charge in [0.05, 0.1) is 6.20 Å². The highest BCUT2D eigenvalue weighted by Gasteiger charge is 2.14. The molecule has 3 rings (SSSR count). The molecule has 0 saturated heterocycles. The van der Waals surface area contributed by atoms with Crippen LogP contribution >= 0.6 is 0 Å². The molecule has 1 aliphatic rings. The van der Waals surface area contributed by atoms with Gasteiger partial charge in [0.1, 0.15) is 0 Å². The molecule has 0 radical (unpaired) electrons. The van der Waals surface area contributed by atoms with E-state index < -0.39 is 0 Å². The average molecular weight is 297 g/mol. The summed E-state index contributed by atoms with van der Waals surface area (Å²) in [5.74, 6) is 1.33. The maximum Gasteiger partial charge on any atom is 0.249 e. The summed E-state index contributed by atoms with van der Waals surface area (Å²) < 4.78 is 0. The van der Waals surface area contributed by atoms with Crippen LogP contribution in [0.2, 0.25) is 0 Å². The molecule has 1 heterocycles. The van der Waals surface area contributed by atoms with Crippen molar-refractivity contribution >= 4 is 17.5 Å². The first-order valence-electron chi connectivity index (χ1n) is 8.00. The van der Waals surface area contributed by atoms with Crippen LogP contribution in [0, 0.1) is 13.8 Å². The van der Waals surface area contributed by atoms with Crippen molar-refractivity contribution in [1.29, 1.82) is 0 Å². The monoisotopic (exact) mass is 297 g/mol. The van der Waals surface area contributed by atoms with Crippen molar-refractivity contribution < 1.29 is 0 Å². The van der Waals surface area contributed by atoms with Crippen molar-refractivity contribution in [3.05, 3.63) is 35.5 Å². The topological polar surface area (TPSA) is 62.7 Å². The molecule has 0 atom stereocenters. The molecule has 0 aliphatic heterocycles. The number of nitrogens with zero attached hydrogens (tertiary/aromatic N) is 3. The molecule has 1 aromatic carbocycles. The molecule has 1 saturated carbocycles. The van der Waals surface area contributed by atoms with Crippen LogP contribution in [0.15, 0.2) is 24.4 Å². The standard InChI is InChI=1S/C17H23N5/c1-12-8-13(2)10-15(9-12)20-17-21-16(11-18-22-17)19-14-6-4-3-5-7-14/h8-11,14H,3-7H2,1-2H3,(H2,19,20,21,22). The number of rotatable bonds is 4. The SMILES string of the molecule is Cc1cc(C)cc(Nc2nncc(NC3CCCCC3)n2)c1. The summed E-state index contributed by atoms with van der Waals surface area (Å²) in [6.45, 7) is 4.16. The third-order valence-electron chi connectivity index (χ3n) is 3.99. The Hall–Kier alpha value is -2.17. The summed E-state index contributed by atoms with van der Waals surface area (Å²) in [5.41, 5.74) is 3.42.